The molecule has 0 spiro atoms. The van der Waals surface area contributed by atoms with Crippen molar-refractivity contribution in [3.05, 3.63) is 58.9 Å². The predicted molar refractivity (Wildman–Crippen MR) is 71.5 cm³/mol. The first-order valence-electron chi connectivity index (χ1n) is 5.39. The Morgan fingerprint density at radius 2 is 2.17 bits per heavy atom. The monoisotopic (exact) mass is 261 g/mol. The van der Waals surface area contributed by atoms with Crippen LogP contribution in [0, 0.1) is 0 Å². The zero-order chi connectivity index (χ0) is 13.0. The molecule has 2 rings (SSSR count). The quantitative estimate of drug-likeness (QED) is 0.831. The molecule has 1 amide bonds. The Balaban J connectivity index is 2.06. The minimum absolute atomic E-state index is 0.427. The second-order valence-electron chi connectivity index (χ2n) is 3.79. The van der Waals surface area contributed by atoms with E-state index in [0.717, 1.165) is 11.3 Å². The van der Waals surface area contributed by atoms with Gasteiger partial charge in [-0.2, -0.15) is 0 Å². The van der Waals surface area contributed by atoms with Gasteiger partial charge in [-0.1, -0.05) is 23.7 Å². The molecule has 0 aliphatic rings. The zero-order valence-electron chi connectivity index (χ0n) is 9.56. The van der Waals surface area contributed by atoms with E-state index in [4.69, 9.17) is 17.3 Å². The molecule has 3 N–H and O–H groups in total. The highest BCUT2D eigenvalue weighted by Crippen LogP contribution is 2.13. The van der Waals surface area contributed by atoms with Gasteiger partial charge in [0.1, 0.15) is 5.15 Å². The molecule has 2 aromatic rings. The molecule has 0 aliphatic carbocycles. The molecule has 1 aromatic carbocycles. The van der Waals surface area contributed by atoms with Crippen molar-refractivity contribution in [3.63, 3.8) is 0 Å². The average molecular weight is 262 g/mol. The molecule has 0 saturated carbocycles. The Hall–Kier alpha value is -2.07. The Kier molecular flexibility index (Phi) is 3.79. The third-order valence-corrected chi connectivity index (χ3v) is 2.64. The Bertz CT molecular complexity index is 572. The smallest absolute Gasteiger partial charge is 0.248 e. The molecule has 0 aliphatic heterocycles. The first kappa shape index (κ1) is 12.4. The lowest BCUT2D eigenvalue weighted by atomic mass is 10.1. The minimum Gasteiger partial charge on any atom is -0.381 e. The molecule has 0 radical (unpaired) electrons. The molecule has 0 saturated heterocycles. The van der Waals surface area contributed by atoms with Crippen LogP contribution in [0.1, 0.15) is 15.9 Å². The van der Waals surface area contributed by atoms with Crippen LogP contribution >= 0.6 is 11.6 Å². The van der Waals surface area contributed by atoms with Crippen molar-refractivity contribution >= 4 is 23.2 Å². The van der Waals surface area contributed by atoms with Crippen LogP contribution in [-0.4, -0.2) is 10.9 Å². The van der Waals surface area contributed by atoms with Gasteiger partial charge in [0.2, 0.25) is 5.91 Å². The van der Waals surface area contributed by atoms with Crippen LogP contribution in [0.2, 0.25) is 5.15 Å². The van der Waals surface area contributed by atoms with E-state index in [0.29, 0.717) is 17.3 Å². The van der Waals surface area contributed by atoms with Gasteiger partial charge >= 0.3 is 0 Å². The number of carbonyl (C=O) groups is 1. The van der Waals surface area contributed by atoms with Crippen LogP contribution in [0.15, 0.2) is 42.6 Å². The fourth-order valence-electron chi connectivity index (χ4n) is 1.55. The van der Waals surface area contributed by atoms with Gasteiger partial charge in [0.05, 0.1) is 0 Å². The van der Waals surface area contributed by atoms with E-state index in [1.54, 1.807) is 30.5 Å². The normalized spacial score (nSPS) is 10.1. The molecule has 1 aromatic heterocycles. The van der Waals surface area contributed by atoms with E-state index < -0.39 is 5.91 Å². The number of nitrogens with zero attached hydrogens (tertiary/aromatic N) is 1. The highest BCUT2D eigenvalue weighted by Gasteiger charge is 2.01. The number of primary amides is 1. The Labute approximate surface area is 110 Å². The summed E-state index contributed by atoms with van der Waals surface area (Å²) in [4.78, 5) is 14.9. The van der Waals surface area contributed by atoms with Crippen molar-refractivity contribution in [3.8, 4) is 0 Å². The molecule has 0 bridgehead atoms. The number of nitrogens with two attached hydrogens (primary N) is 1. The molecule has 92 valence electrons. The summed E-state index contributed by atoms with van der Waals surface area (Å²) >= 11 is 5.78. The topological polar surface area (TPSA) is 68.0 Å². The SMILES string of the molecule is NC(=O)c1cccc(CNc2ccnc(Cl)c2)c1. The summed E-state index contributed by atoms with van der Waals surface area (Å²) in [6, 6.07) is 10.7. The van der Waals surface area contributed by atoms with Gasteiger partial charge < -0.3 is 11.1 Å². The highest BCUT2D eigenvalue weighted by molar-refractivity contribution is 6.29. The van der Waals surface area contributed by atoms with Gasteiger partial charge in [0.25, 0.3) is 0 Å². The molecule has 18 heavy (non-hydrogen) atoms. The minimum atomic E-state index is -0.427. The maximum absolute atomic E-state index is 11.0. The van der Waals surface area contributed by atoms with E-state index in [1.165, 1.54) is 0 Å². The first-order valence-corrected chi connectivity index (χ1v) is 5.77. The lowest BCUT2D eigenvalue weighted by Crippen LogP contribution is -2.11. The number of halogens is 1. The molecular weight excluding hydrogens is 250 g/mol. The summed E-state index contributed by atoms with van der Waals surface area (Å²) in [6.45, 7) is 0.585. The molecule has 4 nitrogen and oxygen atoms in total. The van der Waals surface area contributed by atoms with Crippen molar-refractivity contribution in [1.29, 1.82) is 0 Å². The van der Waals surface area contributed by atoms with Gasteiger partial charge in [0.15, 0.2) is 0 Å². The van der Waals surface area contributed by atoms with Crippen molar-refractivity contribution < 1.29 is 4.79 Å². The van der Waals surface area contributed by atoms with Crippen molar-refractivity contribution in [2.45, 2.75) is 6.54 Å². The van der Waals surface area contributed by atoms with Gasteiger partial charge in [-0.25, -0.2) is 4.98 Å². The van der Waals surface area contributed by atoms with Crippen molar-refractivity contribution in [1.82, 2.24) is 4.98 Å². The molecular formula is C13H12ClN3O. The largest absolute Gasteiger partial charge is 0.381 e. The molecule has 5 heteroatoms. The van der Waals surface area contributed by atoms with Crippen LogP contribution in [0.4, 0.5) is 5.69 Å². The summed E-state index contributed by atoms with van der Waals surface area (Å²) in [7, 11) is 0. The highest BCUT2D eigenvalue weighted by atomic mass is 35.5. The first-order chi connectivity index (χ1) is 8.65. The molecule has 1 heterocycles. The lowest BCUT2D eigenvalue weighted by molar-refractivity contribution is 0.1000. The third kappa shape index (κ3) is 3.21. The number of carbonyl (C=O) groups excluding carboxylic acids is 1. The number of hydrogen-bond acceptors (Lipinski definition) is 3. The number of aromatic nitrogens is 1. The number of rotatable bonds is 4. The fourth-order valence-corrected chi connectivity index (χ4v) is 1.73. The number of hydrogen-bond donors (Lipinski definition) is 2. The Morgan fingerprint density at radius 3 is 2.89 bits per heavy atom. The van der Waals surface area contributed by atoms with E-state index in [1.807, 2.05) is 12.1 Å². The second kappa shape index (κ2) is 5.51. The third-order valence-electron chi connectivity index (χ3n) is 2.43. The zero-order valence-corrected chi connectivity index (χ0v) is 10.3. The Morgan fingerprint density at radius 1 is 1.33 bits per heavy atom. The number of benzene rings is 1. The summed E-state index contributed by atoms with van der Waals surface area (Å²) in [5.41, 5.74) is 7.57. The standard InChI is InChI=1S/C13H12ClN3O/c14-12-7-11(4-5-16-12)17-8-9-2-1-3-10(6-9)13(15)18/h1-7H,8H2,(H2,15,18)(H,16,17). The van der Waals surface area contributed by atoms with Crippen LogP contribution < -0.4 is 11.1 Å². The van der Waals surface area contributed by atoms with E-state index >= 15 is 0 Å². The van der Waals surface area contributed by atoms with Gasteiger partial charge in [-0.3, -0.25) is 4.79 Å². The van der Waals surface area contributed by atoms with Crippen LogP contribution in [0.25, 0.3) is 0 Å². The maximum Gasteiger partial charge on any atom is 0.248 e. The van der Waals surface area contributed by atoms with Crippen molar-refractivity contribution in [2.24, 2.45) is 5.73 Å². The predicted octanol–water partition coefficient (Wildman–Crippen LogP) is 2.45. The molecule has 0 fully saturated rings. The van der Waals surface area contributed by atoms with Gasteiger partial charge in [0, 0.05) is 24.0 Å². The number of amides is 1. The molecule has 0 unspecified atom stereocenters. The molecule has 0 atom stereocenters. The number of anilines is 1. The maximum atomic E-state index is 11.0. The second-order valence-corrected chi connectivity index (χ2v) is 4.17. The van der Waals surface area contributed by atoms with E-state index in [9.17, 15) is 4.79 Å². The van der Waals surface area contributed by atoms with Gasteiger partial charge in [-0.15, -0.1) is 0 Å². The van der Waals surface area contributed by atoms with Crippen LogP contribution in [0.5, 0.6) is 0 Å². The van der Waals surface area contributed by atoms with Gasteiger partial charge in [-0.05, 0) is 29.8 Å². The summed E-state index contributed by atoms with van der Waals surface area (Å²) in [5.74, 6) is -0.427. The van der Waals surface area contributed by atoms with E-state index in [2.05, 4.69) is 10.3 Å². The summed E-state index contributed by atoms with van der Waals surface area (Å²) in [6.07, 6.45) is 1.63. The summed E-state index contributed by atoms with van der Waals surface area (Å²) < 4.78 is 0. The summed E-state index contributed by atoms with van der Waals surface area (Å²) in [5, 5.41) is 3.63. The van der Waals surface area contributed by atoms with Crippen molar-refractivity contribution in [2.75, 3.05) is 5.32 Å². The van der Waals surface area contributed by atoms with E-state index in [-0.39, 0.29) is 0 Å². The number of nitrogens with one attached hydrogen (secondary N) is 1. The lowest BCUT2D eigenvalue weighted by Gasteiger charge is -2.07. The van der Waals surface area contributed by atoms with Crippen LogP contribution in [-0.2, 0) is 6.54 Å². The average Bonchev–Trinajstić information content (AvgIpc) is 2.37. The van der Waals surface area contributed by atoms with Crippen LogP contribution in [0.3, 0.4) is 0 Å². The fraction of sp³-hybridized carbons (Fsp3) is 0.0769. The number of pyridine rings is 1.